The van der Waals surface area contributed by atoms with E-state index in [0.29, 0.717) is 24.7 Å². The predicted octanol–water partition coefficient (Wildman–Crippen LogP) is 2.20. The van der Waals surface area contributed by atoms with E-state index in [1.807, 2.05) is 19.9 Å². The number of fused-ring (bicyclic) bond motifs is 1. The molecule has 1 unspecified atom stereocenters. The van der Waals surface area contributed by atoms with Gasteiger partial charge in [-0.25, -0.2) is 0 Å². The van der Waals surface area contributed by atoms with Crippen LogP contribution in [0.1, 0.15) is 25.5 Å². The van der Waals surface area contributed by atoms with Gasteiger partial charge in [-0.05, 0) is 35.8 Å². The van der Waals surface area contributed by atoms with Gasteiger partial charge in [-0.3, -0.25) is 4.79 Å². The summed E-state index contributed by atoms with van der Waals surface area (Å²) < 4.78 is 11.8. The first-order valence-electron chi connectivity index (χ1n) is 6.13. The van der Waals surface area contributed by atoms with Crippen LogP contribution in [0.2, 0.25) is 0 Å². The minimum absolute atomic E-state index is 0.185. The van der Waals surface area contributed by atoms with E-state index in [0.717, 1.165) is 10.0 Å². The standard InChI is InChI=1S/C13H17BrN2O3/c1-7(2)18-3-4-19-11-6-10-8(5-9(11)14)12(15)13(17)16-10/h5-7,12H,3-4,15H2,1-2H3,(H,16,17). The smallest absolute Gasteiger partial charge is 0.245 e. The van der Waals surface area contributed by atoms with Crippen LogP contribution >= 0.6 is 15.9 Å². The molecule has 104 valence electrons. The van der Waals surface area contributed by atoms with Crippen molar-refractivity contribution in [3.8, 4) is 5.75 Å². The lowest BCUT2D eigenvalue weighted by Crippen LogP contribution is -2.19. The molecule has 1 amide bonds. The number of nitrogens with one attached hydrogen (secondary N) is 1. The Labute approximate surface area is 120 Å². The number of hydrogen-bond acceptors (Lipinski definition) is 4. The highest BCUT2D eigenvalue weighted by Gasteiger charge is 2.28. The van der Waals surface area contributed by atoms with Gasteiger partial charge in [0.15, 0.2) is 0 Å². The number of halogens is 1. The molecule has 1 heterocycles. The Morgan fingerprint density at radius 3 is 2.84 bits per heavy atom. The third kappa shape index (κ3) is 3.26. The minimum Gasteiger partial charge on any atom is -0.490 e. The van der Waals surface area contributed by atoms with Crippen LogP contribution in [0.25, 0.3) is 0 Å². The highest BCUT2D eigenvalue weighted by molar-refractivity contribution is 9.10. The number of benzene rings is 1. The highest BCUT2D eigenvalue weighted by Crippen LogP contribution is 2.37. The van der Waals surface area contributed by atoms with Crippen LogP contribution in [0.15, 0.2) is 16.6 Å². The van der Waals surface area contributed by atoms with Gasteiger partial charge in [-0.1, -0.05) is 0 Å². The Morgan fingerprint density at radius 2 is 2.16 bits per heavy atom. The van der Waals surface area contributed by atoms with Crippen molar-refractivity contribution in [1.82, 2.24) is 0 Å². The topological polar surface area (TPSA) is 73.6 Å². The molecule has 1 aliphatic rings. The normalized spacial score (nSPS) is 17.5. The van der Waals surface area contributed by atoms with Gasteiger partial charge in [-0.2, -0.15) is 0 Å². The lowest BCUT2D eigenvalue weighted by molar-refractivity contribution is -0.116. The molecule has 6 heteroatoms. The molecule has 0 bridgehead atoms. The third-order valence-electron chi connectivity index (χ3n) is 2.77. The quantitative estimate of drug-likeness (QED) is 0.813. The lowest BCUT2D eigenvalue weighted by atomic mass is 10.1. The van der Waals surface area contributed by atoms with Gasteiger partial charge in [-0.15, -0.1) is 0 Å². The Kier molecular flexibility index (Phi) is 4.44. The molecule has 0 aromatic heterocycles. The fourth-order valence-corrected chi connectivity index (χ4v) is 2.31. The van der Waals surface area contributed by atoms with Crippen molar-refractivity contribution >= 4 is 27.5 Å². The predicted molar refractivity (Wildman–Crippen MR) is 76.3 cm³/mol. The molecule has 0 fully saturated rings. The average Bonchev–Trinajstić information content (AvgIpc) is 2.61. The van der Waals surface area contributed by atoms with Crippen molar-refractivity contribution in [3.63, 3.8) is 0 Å². The van der Waals surface area contributed by atoms with Crippen LogP contribution in [-0.2, 0) is 9.53 Å². The van der Waals surface area contributed by atoms with E-state index in [1.165, 1.54) is 0 Å². The van der Waals surface area contributed by atoms with Gasteiger partial charge < -0.3 is 20.5 Å². The van der Waals surface area contributed by atoms with E-state index in [1.54, 1.807) is 6.07 Å². The van der Waals surface area contributed by atoms with E-state index in [4.69, 9.17) is 15.2 Å². The minimum atomic E-state index is -0.607. The molecule has 0 spiro atoms. The second kappa shape index (κ2) is 5.90. The average molecular weight is 329 g/mol. The number of anilines is 1. The molecule has 1 aliphatic heterocycles. The summed E-state index contributed by atoms with van der Waals surface area (Å²) in [6, 6.07) is 2.99. The van der Waals surface area contributed by atoms with Gasteiger partial charge >= 0.3 is 0 Å². The Balaban J connectivity index is 2.03. The number of carbonyl (C=O) groups excluding carboxylic acids is 1. The van der Waals surface area contributed by atoms with Crippen molar-refractivity contribution in [2.45, 2.75) is 26.0 Å². The van der Waals surface area contributed by atoms with Crippen molar-refractivity contribution in [2.24, 2.45) is 5.73 Å². The molecule has 1 aromatic rings. The van der Waals surface area contributed by atoms with Crippen LogP contribution in [0.4, 0.5) is 5.69 Å². The van der Waals surface area contributed by atoms with Crippen molar-refractivity contribution in [1.29, 1.82) is 0 Å². The SMILES string of the molecule is CC(C)OCCOc1cc2c(cc1Br)C(N)C(=O)N2. The zero-order valence-electron chi connectivity index (χ0n) is 10.9. The molecule has 0 radical (unpaired) electrons. The maximum absolute atomic E-state index is 11.5. The van der Waals surface area contributed by atoms with Crippen molar-refractivity contribution in [3.05, 3.63) is 22.2 Å². The summed E-state index contributed by atoms with van der Waals surface area (Å²) in [5, 5.41) is 2.73. The zero-order chi connectivity index (χ0) is 14.0. The van der Waals surface area contributed by atoms with Gasteiger partial charge in [0.05, 0.1) is 17.2 Å². The molecular formula is C13H17BrN2O3. The van der Waals surface area contributed by atoms with Crippen LogP contribution in [0, 0.1) is 0 Å². The molecule has 1 aromatic carbocycles. The van der Waals surface area contributed by atoms with E-state index in [9.17, 15) is 4.79 Å². The number of ether oxygens (including phenoxy) is 2. The highest BCUT2D eigenvalue weighted by atomic mass is 79.9. The first-order valence-corrected chi connectivity index (χ1v) is 6.92. The fraction of sp³-hybridized carbons (Fsp3) is 0.462. The summed E-state index contributed by atoms with van der Waals surface area (Å²) in [6.07, 6.45) is 0.185. The van der Waals surface area contributed by atoms with E-state index in [-0.39, 0.29) is 12.0 Å². The van der Waals surface area contributed by atoms with Crippen molar-refractivity contribution < 1.29 is 14.3 Å². The maximum atomic E-state index is 11.5. The van der Waals surface area contributed by atoms with E-state index >= 15 is 0 Å². The van der Waals surface area contributed by atoms with E-state index in [2.05, 4.69) is 21.2 Å². The summed E-state index contributed by atoms with van der Waals surface area (Å²) >= 11 is 3.42. The van der Waals surface area contributed by atoms with Gasteiger partial charge in [0.1, 0.15) is 18.4 Å². The van der Waals surface area contributed by atoms with Crippen molar-refractivity contribution in [2.75, 3.05) is 18.5 Å². The number of rotatable bonds is 5. The number of hydrogen-bond donors (Lipinski definition) is 2. The molecule has 0 saturated heterocycles. The second-order valence-corrected chi connectivity index (χ2v) is 5.46. The summed E-state index contributed by atoms with van der Waals surface area (Å²) in [5.41, 5.74) is 7.26. The summed E-state index contributed by atoms with van der Waals surface area (Å²) in [5.74, 6) is 0.475. The van der Waals surface area contributed by atoms with Crippen LogP contribution < -0.4 is 15.8 Å². The van der Waals surface area contributed by atoms with Crippen LogP contribution in [0.5, 0.6) is 5.75 Å². The fourth-order valence-electron chi connectivity index (χ4n) is 1.83. The maximum Gasteiger partial charge on any atom is 0.245 e. The molecule has 2 rings (SSSR count). The third-order valence-corrected chi connectivity index (χ3v) is 3.39. The molecular weight excluding hydrogens is 312 g/mol. The van der Waals surface area contributed by atoms with Gasteiger partial charge in [0.25, 0.3) is 0 Å². The summed E-state index contributed by atoms with van der Waals surface area (Å²) in [6.45, 7) is 4.92. The first-order chi connectivity index (χ1) is 8.99. The number of amides is 1. The first kappa shape index (κ1) is 14.3. The zero-order valence-corrected chi connectivity index (χ0v) is 12.5. The van der Waals surface area contributed by atoms with E-state index < -0.39 is 6.04 Å². The Hall–Kier alpha value is -1.11. The van der Waals surface area contributed by atoms with Gasteiger partial charge in [0.2, 0.25) is 5.91 Å². The molecule has 5 nitrogen and oxygen atoms in total. The second-order valence-electron chi connectivity index (χ2n) is 4.60. The monoisotopic (exact) mass is 328 g/mol. The summed E-state index contributed by atoms with van der Waals surface area (Å²) in [7, 11) is 0. The Bertz CT molecular complexity index is 491. The Morgan fingerprint density at radius 1 is 1.42 bits per heavy atom. The molecule has 3 N–H and O–H groups in total. The van der Waals surface area contributed by atoms with Crippen LogP contribution in [-0.4, -0.2) is 25.2 Å². The van der Waals surface area contributed by atoms with Crippen LogP contribution in [0.3, 0.4) is 0 Å². The largest absolute Gasteiger partial charge is 0.490 e. The van der Waals surface area contributed by atoms with Gasteiger partial charge in [0, 0.05) is 17.3 Å². The molecule has 19 heavy (non-hydrogen) atoms. The molecule has 0 saturated carbocycles. The lowest BCUT2D eigenvalue weighted by Gasteiger charge is -2.12. The number of nitrogens with two attached hydrogens (primary N) is 1. The summed E-state index contributed by atoms with van der Waals surface area (Å²) in [4.78, 5) is 11.5. The molecule has 1 atom stereocenters. The molecule has 0 aliphatic carbocycles. The number of carbonyl (C=O) groups is 1.